The molecule has 2 atom stereocenters. The molecule has 0 radical (unpaired) electrons. The number of rotatable bonds is 2. The third-order valence-electron chi connectivity index (χ3n) is 5.04. The van der Waals surface area contributed by atoms with Crippen molar-refractivity contribution in [2.45, 2.75) is 6.42 Å². The van der Waals surface area contributed by atoms with Crippen LogP contribution >= 0.6 is 0 Å². The molecular formula is C16H17NO6. The number of ether oxygens (including phenoxy) is 3. The molecule has 1 aromatic carbocycles. The predicted molar refractivity (Wildman–Crippen MR) is 77.5 cm³/mol. The van der Waals surface area contributed by atoms with E-state index in [0.717, 1.165) is 0 Å². The molecule has 2 fully saturated rings. The zero-order valence-corrected chi connectivity index (χ0v) is 12.5. The maximum absolute atomic E-state index is 12.8. The van der Waals surface area contributed by atoms with Gasteiger partial charge in [0.2, 0.25) is 6.79 Å². The molecule has 122 valence electrons. The second kappa shape index (κ2) is 5.13. The molecule has 0 bridgehead atoms. The van der Waals surface area contributed by atoms with Crippen molar-refractivity contribution < 1.29 is 28.9 Å². The van der Waals surface area contributed by atoms with Gasteiger partial charge in [0, 0.05) is 31.2 Å². The van der Waals surface area contributed by atoms with Gasteiger partial charge in [0.25, 0.3) is 5.91 Å². The fraction of sp³-hybridized carbons (Fsp3) is 0.500. The number of fused-ring (bicyclic) bond motifs is 2. The van der Waals surface area contributed by atoms with Crippen LogP contribution in [0.2, 0.25) is 0 Å². The van der Waals surface area contributed by atoms with Crippen LogP contribution < -0.4 is 9.47 Å². The number of carboxylic acids is 1. The number of carbonyl (C=O) groups excluding carboxylic acids is 1. The molecular weight excluding hydrogens is 302 g/mol. The average Bonchev–Trinajstić information content (AvgIpc) is 3.18. The Hall–Kier alpha value is -2.28. The Morgan fingerprint density at radius 3 is 2.87 bits per heavy atom. The van der Waals surface area contributed by atoms with Gasteiger partial charge in [0.1, 0.15) is 0 Å². The van der Waals surface area contributed by atoms with Crippen molar-refractivity contribution in [1.29, 1.82) is 0 Å². The number of carbonyl (C=O) groups is 2. The second-order valence-corrected chi connectivity index (χ2v) is 6.24. The third kappa shape index (κ3) is 2.15. The van der Waals surface area contributed by atoms with E-state index in [9.17, 15) is 14.7 Å². The predicted octanol–water partition coefficient (Wildman–Crippen LogP) is 0.979. The molecule has 3 heterocycles. The summed E-state index contributed by atoms with van der Waals surface area (Å²) in [6.07, 6.45) is 0.442. The second-order valence-electron chi connectivity index (χ2n) is 6.24. The highest BCUT2D eigenvalue weighted by Gasteiger charge is 2.55. The molecule has 0 unspecified atom stereocenters. The van der Waals surface area contributed by atoms with Crippen molar-refractivity contribution in [2.75, 3.05) is 33.1 Å². The van der Waals surface area contributed by atoms with Crippen molar-refractivity contribution in [1.82, 2.24) is 4.90 Å². The summed E-state index contributed by atoms with van der Waals surface area (Å²) >= 11 is 0. The lowest BCUT2D eigenvalue weighted by atomic mass is 9.74. The van der Waals surface area contributed by atoms with Crippen LogP contribution in [0, 0.1) is 11.3 Å². The summed E-state index contributed by atoms with van der Waals surface area (Å²) in [6, 6.07) is 5.03. The lowest BCUT2D eigenvalue weighted by molar-refractivity contribution is -0.157. The number of hydrogen-bond acceptors (Lipinski definition) is 5. The zero-order chi connectivity index (χ0) is 16.0. The molecule has 7 heteroatoms. The summed E-state index contributed by atoms with van der Waals surface area (Å²) in [7, 11) is 0. The maximum atomic E-state index is 12.8. The Bertz CT molecular complexity index is 675. The molecule has 3 aliphatic rings. The summed E-state index contributed by atoms with van der Waals surface area (Å²) in [4.78, 5) is 26.2. The number of amides is 1. The monoisotopic (exact) mass is 319 g/mol. The SMILES string of the molecule is O=C(c1ccc2c(c1)OCO2)N1C[C@H]2COCC[C@@]2(C(=O)O)C1. The first-order valence-electron chi connectivity index (χ1n) is 7.60. The Balaban J connectivity index is 1.59. The highest BCUT2D eigenvalue weighted by Crippen LogP contribution is 2.43. The molecule has 0 aliphatic carbocycles. The van der Waals surface area contributed by atoms with Crippen LogP contribution in [-0.2, 0) is 9.53 Å². The van der Waals surface area contributed by atoms with Gasteiger partial charge in [0.15, 0.2) is 11.5 Å². The topological polar surface area (TPSA) is 85.3 Å². The Morgan fingerprint density at radius 2 is 2.09 bits per heavy atom. The fourth-order valence-electron chi connectivity index (χ4n) is 3.67. The summed E-state index contributed by atoms with van der Waals surface area (Å²) < 4.78 is 16.0. The highest BCUT2D eigenvalue weighted by molar-refractivity contribution is 5.96. The third-order valence-corrected chi connectivity index (χ3v) is 5.04. The van der Waals surface area contributed by atoms with Gasteiger partial charge in [-0.2, -0.15) is 0 Å². The molecule has 0 spiro atoms. The minimum Gasteiger partial charge on any atom is -0.481 e. The van der Waals surface area contributed by atoms with Crippen LogP contribution in [0.15, 0.2) is 18.2 Å². The molecule has 2 saturated heterocycles. The van der Waals surface area contributed by atoms with Gasteiger partial charge in [-0.1, -0.05) is 0 Å². The van der Waals surface area contributed by atoms with Crippen LogP contribution in [-0.4, -0.2) is 55.0 Å². The number of likely N-dealkylation sites (tertiary alicyclic amines) is 1. The fourth-order valence-corrected chi connectivity index (χ4v) is 3.67. The van der Waals surface area contributed by atoms with Crippen molar-refractivity contribution in [3.05, 3.63) is 23.8 Å². The first-order valence-corrected chi connectivity index (χ1v) is 7.60. The van der Waals surface area contributed by atoms with Gasteiger partial charge < -0.3 is 24.2 Å². The Morgan fingerprint density at radius 1 is 1.26 bits per heavy atom. The molecule has 0 saturated carbocycles. The van der Waals surface area contributed by atoms with Crippen LogP contribution in [0.1, 0.15) is 16.8 Å². The number of carboxylic acid groups (broad SMARTS) is 1. The Labute approximate surface area is 132 Å². The van der Waals surface area contributed by atoms with Gasteiger partial charge in [-0.15, -0.1) is 0 Å². The molecule has 4 rings (SSSR count). The molecule has 0 aromatic heterocycles. The van der Waals surface area contributed by atoms with Gasteiger partial charge >= 0.3 is 5.97 Å². The normalized spacial score (nSPS) is 28.5. The van der Waals surface area contributed by atoms with E-state index in [2.05, 4.69) is 0 Å². The summed E-state index contributed by atoms with van der Waals surface area (Å²) in [5, 5.41) is 9.67. The van der Waals surface area contributed by atoms with E-state index < -0.39 is 11.4 Å². The number of hydrogen-bond donors (Lipinski definition) is 1. The van der Waals surface area contributed by atoms with Crippen molar-refractivity contribution in [3.8, 4) is 11.5 Å². The summed E-state index contributed by atoms with van der Waals surface area (Å²) in [5.74, 6) is -0.0207. The van der Waals surface area contributed by atoms with Gasteiger partial charge in [-0.05, 0) is 24.6 Å². The van der Waals surface area contributed by atoms with E-state index in [-0.39, 0.29) is 25.2 Å². The van der Waals surface area contributed by atoms with Gasteiger partial charge in [-0.3, -0.25) is 9.59 Å². The number of aliphatic carboxylic acids is 1. The van der Waals surface area contributed by atoms with E-state index >= 15 is 0 Å². The maximum Gasteiger partial charge on any atom is 0.311 e. The molecule has 1 amide bonds. The molecule has 7 nitrogen and oxygen atoms in total. The van der Waals surface area contributed by atoms with Crippen molar-refractivity contribution in [2.24, 2.45) is 11.3 Å². The standard InChI is InChI=1S/C16H17NO6/c18-14(10-1-2-12-13(5-10)23-9-22-12)17-6-11-7-21-4-3-16(11,8-17)15(19)20/h1-2,5,11H,3-4,6-9H2,(H,19,20)/t11-,16+/m0/s1. The Kier molecular flexibility index (Phi) is 3.19. The number of benzene rings is 1. The van der Waals surface area contributed by atoms with Crippen LogP contribution in [0.5, 0.6) is 11.5 Å². The first-order chi connectivity index (χ1) is 11.1. The van der Waals surface area contributed by atoms with Crippen LogP contribution in [0.25, 0.3) is 0 Å². The van der Waals surface area contributed by atoms with E-state index in [0.29, 0.717) is 43.2 Å². The lowest BCUT2D eigenvalue weighted by Gasteiger charge is -2.33. The first kappa shape index (κ1) is 14.3. The lowest BCUT2D eigenvalue weighted by Crippen LogP contribution is -2.45. The van der Waals surface area contributed by atoms with E-state index in [1.165, 1.54) is 0 Å². The van der Waals surface area contributed by atoms with Gasteiger partial charge in [-0.25, -0.2) is 0 Å². The van der Waals surface area contributed by atoms with E-state index in [1.54, 1.807) is 23.1 Å². The zero-order valence-electron chi connectivity index (χ0n) is 12.5. The average molecular weight is 319 g/mol. The van der Waals surface area contributed by atoms with E-state index in [1.807, 2.05) is 0 Å². The van der Waals surface area contributed by atoms with Crippen LogP contribution in [0.3, 0.4) is 0 Å². The van der Waals surface area contributed by atoms with Crippen LogP contribution in [0.4, 0.5) is 0 Å². The minimum atomic E-state index is -0.885. The minimum absolute atomic E-state index is 0.151. The quantitative estimate of drug-likeness (QED) is 0.874. The molecule has 3 aliphatic heterocycles. The van der Waals surface area contributed by atoms with Gasteiger partial charge in [0.05, 0.1) is 12.0 Å². The molecule has 23 heavy (non-hydrogen) atoms. The number of nitrogens with zero attached hydrogens (tertiary/aromatic N) is 1. The smallest absolute Gasteiger partial charge is 0.311 e. The van der Waals surface area contributed by atoms with Crippen molar-refractivity contribution in [3.63, 3.8) is 0 Å². The largest absolute Gasteiger partial charge is 0.481 e. The summed E-state index contributed by atoms with van der Waals surface area (Å²) in [6.45, 7) is 1.59. The summed E-state index contributed by atoms with van der Waals surface area (Å²) in [5.41, 5.74) is -0.404. The van der Waals surface area contributed by atoms with Crippen molar-refractivity contribution >= 4 is 11.9 Å². The molecule has 1 N–H and O–H groups in total. The highest BCUT2D eigenvalue weighted by atomic mass is 16.7. The molecule has 1 aromatic rings. The van der Waals surface area contributed by atoms with E-state index in [4.69, 9.17) is 14.2 Å².